The number of rotatable bonds is 29. The zero-order chi connectivity index (χ0) is 82.5. The summed E-state index contributed by atoms with van der Waals surface area (Å²) in [6, 6.07) is -7.42. The van der Waals surface area contributed by atoms with Gasteiger partial charge in [0.15, 0.2) is 56.6 Å². The van der Waals surface area contributed by atoms with E-state index in [4.69, 9.17) is 80.5 Å². The molecule has 29 N–H and O–H groups in total. The number of carbonyl (C=O) groups excluding carboxylic acids is 4. The van der Waals surface area contributed by atoms with Gasteiger partial charge in [-0.2, -0.15) is 0 Å². The summed E-state index contributed by atoms with van der Waals surface area (Å²) in [7, 11) is 0. The van der Waals surface area contributed by atoms with Crippen molar-refractivity contribution in [2.24, 2.45) is 0 Å². The highest BCUT2D eigenvalue weighted by atomic mass is 16.8. The molecular weight excluding hydrogens is 1540 g/mol. The fourth-order valence-corrected chi connectivity index (χ4v) is 14.5. The van der Waals surface area contributed by atoms with Gasteiger partial charge < -0.3 is 229 Å². The number of hydrogen-bond acceptors (Lipinski definition) is 46. The van der Waals surface area contributed by atoms with E-state index in [0.29, 0.717) is 0 Å². The van der Waals surface area contributed by atoms with Crippen molar-refractivity contribution in [3.63, 3.8) is 0 Å². The molecule has 4 amide bonds. The quantitative estimate of drug-likeness (QED) is 0.0331. The maximum Gasteiger partial charge on any atom is 0.217 e. The SMILES string of the molecule is CC(=O)NC1C(O)OC(CO)C(OC2OC(CO)C(OC3OC(COC4OC(CO)C(O)C(O)C4OC4OC(CO)C(OC5OC(CO)C(O)C(O)C5O)C(O)C4NC(C)=O)C(O)C(OC4OC(CO)C(O)C(O)C4OC4OC(CO)C(OC5OC(CO)C(O)C(O)C5O)C(O)C4NC(C)=O)C3O)C(O)C2NC(C)=O)C1O. The van der Waals surface area contributed by atoms with E-state index < -0.39 is 359 Å². The topological polar surface area (TPSA) is 779 Å². The van der Waals surface area contributed by atoms with Crippen LogP contribution >= 0.6 is 0 Å². The molecule has 9 fully saturated rings. The van der Waals surface area contributed by atoms with Crippen LogP contribution in [0.4, 0.5) is 0 Å². The predicted molar refractivity (Wildman–Crippen MR) is 343 cm³/mol. The van der Waals surface area contributed by atoms with Crippen LogP contribution in [-0.4, -0.2) is 487 Å². The van der Waals surface area contributed by atoms with Crippen molar-refractivity contribution >= 4 is 23.6 Å². The molecule has 0 bridgehead atoms. The highest BCUT2D eigenvalue weighted by molar-refractivity contribution is 5.74. The lowest BCUT2D eigenvalue weighted by atomic mass is 9.93. The summed E-state index contributed by atoms with van der Waals surface area (Å²) < 4.78 is 101. The zero-order valence-electron chi connectivity index (χ0n) is 60.1. The molecule has 0 spiro atoms. The smallest absolute Gasteiger partial charge is 0.217 e. The summed E-state index contributed by atoms with van der Waals surface area (Å²) in [5, 5.41) is 286. The third-order valence-corrected chi connectivity index (χ3v) is 20.4. The fraction of sp³-hybridized carbons (Fsp3) is 0.935. The molecule has 0 aromatic carbocycles. The molecule has 45 atom stereocenters. The van der Waals surface area contributed by atoms with Crippen molar-refractivity contribution in [2.45, 2.75) is 304 Å². The first-order valence-corrected chi connectivity index (χ1v) is 35.6. The number of hydrogen-bond donors (Lipinski definition) is 29. The van der Waals surface area contributed by atoms with Gasteiger partial charge in [0.1, 0.15) is 219 Å². The molecule has 648 valence electrons. The molecule has 0 radical (unpaired) electrons. The lowest BCUT2D eigenvalue weighted by molar-refractivity contribution is -0.399. The molecule has 9 rings (SSSR count). The van der Waals surface area contributed by atoms with Gasteiger partial charge in [-0.05, 0) is 0 Å². The molecule has 112 heavy (non-hydrogen) atoms. The van der Waals surface area contributed by atoms with Crippen LogP contribution in [0.5, 0.6) is 0 Å². The third kappa shape index (κ3) is 20.2. The maximum absolute atomic E-state index is 13.0. The largest absolute Gasteiger partial charge is 0.394 e. The van der Waals surface area contributed by atoms with Gasteiger partial charge >= 0.3 is 0 Å². The molecule has 50 heteroatoms. The van der Waals surface area contributed by atoms with Crippen molar-refractivity contribution in [1.29, 1.82) is 0 Å². The normalized spacial score (nSPS) is 48.9. The van der Waals surface area contributed by atoms with Crippen LogP contribution in [0.25, 0.3) is 0 Å². The van der Waals surface area contributed by atoms with Crippen LogP contribution in [0.2, 0.25) is 0 Å². The van der Waals surface area contributed by atoms with Crippen LogP contribution in [-0.2, 0) is 99.7 Å². The molecular formula is C62H104N4O46. The van der Waals surface area contributed by atoms with Gasteiger partial charge in [-0.3, -0.25) is 19.2 Å². The molecule has 0 aromatic rings. The Kier molecular flexibility index (Phi) is 33.1. The summed E-state index contributed by atoms with van der Waals surface area (Å²) in [6.45, 7) is -6.01. The maximum atomic E-state index is 13.0. The first-order valence-electron chi connectivity index (χ1n) is 35.6. The Labute approximate surface area is 634 Å². The van der Waals surface area contributed by atoms with E-state index in [2.05, 4.69) is 21.3 Å². The van der Waals surface area contributed by atoms with E-state index in [9.17, 15) is 147 Å². The minimum Gasteiger partial charge on any atom is -0.394 e. The Morgan fingerprint density at radius 3 is 0.830 bits per heavy atom. The van der Waals surface area contributed by atoms with E-state index in [1.54, 1.807) is 0 Å². The lowest BCUT2D eigenvalue weighted by Gasteiger charge is -2.51. The molecule has 0 saturated carbocycles. The van der Waals surface area contributed by atoms with Gasteiger partial charge in [0.2, 0.25) is 23.6 Å². The molecule has 9 saturated heterocycles. The van der Waals surface area contributed by atoms with Crippen molar-refractivity contribution < 1.29 is 227 Å². The number of carbonyl (C=O) groups is 4. The second kappa shape index (κ2) is 40.3. The standard InChI is InChI=1S/C62H104N4O46/c1-14(75)63-27-36(84)47(22(9-71)97-54(27)95)106-55-28(64-15(2)76)37(85)50(25(12-74)102-55)109-60-46(94)51(110-62-53(43(91)34(82)21(8-70)101-62)112-57-30(66-17(4)78)39(87)49(24(11-73)104-57)108-59-45(93)41(89)32(80)19(6-68)99-59)35(83)26(105-60)13-96-61-52(42(90)33(81)20(7-69)100-61)111-56-29(65-16(3)77)38(86)48(23(10-72)103-56)107-58-44(92)40(88)31(79)18(5-67)98-58/h18-62,67-74,79-95H,5-13H2,1-4H3,(H,63,75)(H,64,76)(H,65,77)(H,66,78). The highest BCUT2D eigenvalue weighted by Crippen LogP contribution is 2.40. The van der Waals surface area contributed by atoms with Gasteiger partial charge in [0.05, 0.1) is 59.5 Å². The van der Waals surface area contributed by atoms with Crippen molar-refractivity contribution in [2.75, 3.05) is 59.5 Å². The summed E-state index contributed by atoms with van der Waals surface area (Å²) in [4.78, 5) is 50.9. The van der Waals surface area contributed by atoms with Crippen molar-refractivity contribution in [3.05, 3.63) is 0 Å². The van der Waals surface area contributed by atoms with Gasteiger partial charge in [-0.1, -0.05) is 0 Å². The third-order valence-electron chi connectivity index (χ3n) is 20.4. The second-order valence-electron chi connectivity index (χ2n) is 28.2. The first kappa shape index (κ1) is 92.1. The Morgan fingerprint density at radius 1 is 0.232 bits per heavy atom. The van der Waals surface area contributed by atoms with Gasteiger partial charge in [-0.25, -0.2) is 0 Å². The lowest BCUT2D eigenvalue weighted by Crippen LogP contribution is -2.71. The summed E-state index contributed by atoms with van der Waals surface area (Å²) in [5.74, 6) is -3.62. The second-order valence-corrected chi connectivity index (χ2v) is 28.2. The van der Waals surface area contributed by atoms with E-state index in [1.807, 2.05) is 0 Å². The summed E-state index contributed by atoms with van der Waals surface area (Å²) >= 11 is 0. The zero-order valence-corrected chi connectivity index (χ0v) is 60.1. The Bertz CT molecular complexity index is 2970. The van der Waals surface area contributed by atoms with Crippen LogP contribution in [0.15, 0.2) is 0 Å². The van der Waals surface area contributed by atoms with Crippen molar-refractivity contribution in [3.8, 4) is 0 Å². The molecule has 45 unspecified atom stereocenters. The first-order chi connectivity index (χ1) is 53.0. The predicted octanol–water partition coefficient (Wildman–Crippen LogP) is -20.1. The number of amides is 4. The van der Waals surface area contributed by atoms with Gasteiger partial charge in [0.25, 0.3) is 0 Å². The Morgan fingerprint density at radius 2 is 0.482 bits per heavy atom. The molecule has 9 aliphatic heterocycles. The molecule has 0 aromatic heterocycles. The summed E-state index contributed by atoms with van der Waals surface area (Å²) in [5.41, 5.74) is 0. The number of aliphatic hydroxyl groups excluding tert-OH is 25. The average Bonchev–Trinajstić information content (AvgIpc) is 0.423. The van der Waals surface area contributed by atoms with Gasteiger partial charge in [-0.15, -0.1) is 0 Å². The van der Waals surface area contributed by atoms with E-state index in [0.717, 1.165) is 27.7 Å². The average molecular weight is 1640 g/mol. The Hall–Kier alpha value is -3.80. The highest BCUT2D eigenvalue weighted by Gasteiger charge is 2.61. The minimum atomic E-state index is -2.57. The minimum absolute atomic E-state index is 0.788. The molecule has 9 heterocycles. The van der Waals surface area contributed by atoms with Gasteiger partial charge in [0, 0.05) is 27.7 Å². The molecule has 0 aliphatic carbocycles. The van der Waals surface area contributed by atoms with Crippen LogP contribution < -0.4 is 21.3 Å². The van der Waals surface area contributed by atoms with E-state index >= 15 is 0 Å². The molecule has 9 aliphatic rings. The number of nitrogens with one attached hydrogen (secondary N) is 4. The Balaban J connectivity index is 1.05. The monoisotopic (exact) mass is 1640 g/mol. The number of ether oxygens (including phenoxy) is 17. The fourth-order valence-electron chi connectivity index (χ4n) is 14.5. The van der Waals surface area contributed by atoms with E-state index in [-0.39, 0.29) is 0 Å². The van der Waals surface area contributed by atoms with Crippen LogP contribution in [0.1, 0.15) is 27.7 Å². The number of aliphatic hydroxyl groups is 25. The van der Waals surface area contributed by atoms with Crippen LogP contribution in [0, 0.1) is 0 Å². The molecule has 50 nitrogen and oxygen atoms in total. The van der Waals surface area contributed by atoms with E-state index in [1.165, 1.54) is 0 Å². The van der Waals surface area contributed by atoms with Crippen LogP contribution in [0.3, 0.4) is 0 Å². The van der Waals surface area contributed by atoms with Crippen molar-refractivity contribution in [1.82, 2.24) is 21.3 Å². The summed E-state index contributed by atoms with van der Waals surface area (Å²) in [6.07, 6.45) is -85.1.